The Balaban J connectivity index is 1.66. The lowest BCUT2D eigenvalue weighted by atomic mass is 9.91. The number of piperidine rings is 1. The topological polar surface area (TPSA) is 97.8 Å². The summed E-state index contributed by atoms with van der Waals surface area (Å²) in [6.45, 7) is 11.9. The lowest BCUT2D eigenvalue weighted by molar-refractivity contribution is 0.00313. The zero-order chi connectivity index (χ0) is 26.1. The highest BCUT2D eigenvalue weighted by molar-refractivity contribution is 5.92. The first-order chi connectivity index (χ1) is 17.3. The third-order valence-corrected chi connectivity index (χ3v) is 6.21. The van der Waals surface area contributed by atoms with Crippen LogP contribution in [-0.2, 0) is 18.9 Å². The summed E-state index contributed by atoms with van der Waals surface area (Å²) in [6, 6.07) is 6.28. The van der Waals surface area contributed by atoms with Crippen molar-refractivity contribution < 1.29 is 33.6 Å². The molecule has 1 spiro atoms. The number of carbonyl (C=O) groups is 2. The number of ether oxygens (including phenoxy) is 4. The summed E-state index contributed by atoms with van der Waals surface area (Å²) in [5.41, 5.74) is 1.25. The van der Waals surface area contributed by atoms with Crippen molar-refractivity contribution in [2.24, 2.45) is 0 Å². The molecule has 1 aromatic rings. The highest BCUT2D eigenvalue weighted by Gasteiger charge is 2.47. The van der Waals surface area contributed by atoms with Crippen LogP contribution in [0.3, 0.4) is 0 Å². The lowest BCUT2D eigenvalue weighted by Crippen LogP contribution is -2.47. The molecule has 9 nitrogen and oxygen atoms in total. The number of benzene rings is 1. The van der Waals surface area contributed by atoms with E-state index in [1.54, 1.807) is 24.1 Å². The molecule has 0 saturated carbocycles. The number of methoxy groups -OCH3 is 1. The minimum Gasteiger partial charge on any atom is -0.496 e. The Morgan fingerprint density at radius 1 is 1.14 bits per heavy atom. The Morgan fingerprint density at radius 3 is 2.39 bits per heavy atom. The summed E-state index contributed by atoms with van der Waals surface area (Å²) in [5.74, 6) is 0.316. The van der Waals surface area contributed by atoms with Crippen LogP contribution in [0.15, 0.2) is 60.1 Å². The molecule has 2 fully saturated rings. The highest BCUT2D eigenvalue weighted by Crippen LogP contribution is 2.36. The number of allylic oxidation sites excluding steroid dienone is 1. The molecule has 2 aliphatic heterocycles. The number of carboxylic acids is 1. The molecule has 0 bridgehead atoms. The molecule has 0 aromatic heterocycles. The third kappa shape index (κ3) is 7.11. The Bertz CT molecular complexity index is 984. The number of amides is 1. The van der Waals surface area contributed by atoms with E-state index in [1.165, 1.54) is 12.1 Å². The summed E-state index contributed by atoms with van der Waals surface area (Å²) < 4.78 is 22.4. The van der Waals surface area contributed by atoms with Gasteiger partial charge in [-0.2, -0.15) is 0 Å². The SMILES string of the molecule is C=C(/C=C(\C=C(/COC)OCC)CN1CCC2(CC1)CN(c1ccc(C(=O)O)cc1)C(=O)O2)OCC. The molecule has 0 unspecified atom stereocenters. The van der Waals surface area contributed by atoms with Gasteiger partial charge in [-0.25, -0.2) is 9.59 Å². The predicted molar refractivity (Wildman–Crippen MR) is 136 cm³/mol. The minimum absolute atomic E-state index is 0.178. The molecule has 1 aromatic carbocycles. The molecule has 9 heteroatoms. The van der Waals surface area contributed by atoms with Gasteiger partial charge in [-0.3, -0.25) is 9.80 Å². The van der Waals surface area contributed by atoms with Crippen molar-refractivity contribution in [1.29, 1.82) is 0 Å². The van der Waals surface area contributed by atoms with E-state index in [4.69, 9.17) is 24.1 Å². The second-order valence-corrected chi connectivity index (χ2v) is 8.86. The van der Waals surface area contributed by atoms with Gasteiger partial charge in [0.05, 0.1) is 25.3 Å². The molecule has 36 heavy (non-hydrogen) atoms. The zero-order valence-electron chi connectivity index (χ0n) is 21.3. The van der Waals surface area contributed by atoms with Gasteiger partial charge >= 0.3 is 12.1 Å². The molecule has 0 aliphatic carbocycles. The zero-order valence-corrected chi connectivity index (χ0v) is 21.3. The molecule has 1 amide bonds. The third-order valence-electron chi connectivity index (χ3n) is 6.21. The van der Waals surface area contributed by atoms with Crippen LogP contribution < -0.4 is 4.90 Å². The van der Waals surface area contributed by atoms with Crippen LogP contribution in [0.1, 0.15) is 37.0 Å². The van der Waals surface area contributed by atoms with Gasteiger partial charge in [0.25, 0.3) is 0 Å². The fourth-order valence-electron chi connectivity index (χ4n) is 4.47. The van der Waals surface area contributed by atoms with Crippen LogP contribution in [0.4, 0.5) is 10.5 Å². The van der Waals surface area contributed by atoms with E-state index in [9.17, 15) is 9.59 Å². The van der Waals surface area contributed by atoms with Crippen LogP contribution in [0.2, 0.25) is 0 Å². The number of hydrogen-bond donors (Lipinski definition) is 1. The Morgan fingerprint density at radius 2 is 1.81 bits per heavy atom. The van der Waals surface area contributed by atoms with E-state index in [0.717, 1.165) is 24.4 Å². The van der Waals surface area contributed by atoms with E-state index in [-0.39, 0.29) is 5.56 Å². The maximum absolute atomic E-state index is 12.7. The average molecular weight is 501 g/mol. The first-order valence-corrected chi connectivity index (χ1v) is 12.2. The number of aromatic carboxylic acids is 1. The van der Waals surface area contributed by atoms with Gasteiger partial charge in [-0.1, -0.05) is 6.58 Å². The molecule has 3 rings (SSSR count). The van der Waals surface area contributed by atoms with E-state index in [1.807, 2.05) is 26.0 Å². The van der Waals surface area contributed by atoms with Gasteiger partial charge in [0.15, 0.2) is 0 Å². The van der Waals surface area contributed by atoms with Crippen LogP contribution in [-0.4, -0.2) is 80.8 Å². The molecular weight excluding hydrogens is 464 g/mol. The van der Waals surface area contributed by atoms with Crippen molar-refractivity contribution >= 4 is 17.7 Å². The predicted octanol–water partition coefficient (Wildman–Crippen LogP) is 4.22. The number of rotatable bonds is 12. The smallest absolute Gasteiger partial charge is 0.415 e. The number of carboxylic acid groups (broad SMARTS) is 1. The summed E-state index contributed by atoms with van der Waals surface area (Å²) in [6.07, 6.45) is 4.88. The minimum atomic E-state index is -1.00. The standard InChI is InChI=1S/C27H36N2O7/c1-5-34-20(3)15-21(16-24(18-33-4)35-6-2)17-28-13-11-27(12-14-28)19-29(26(32)36-27)23-9-7-22(8-10-23)25(30)31/h7-10,15-16H,3,5-6,11-14,17-19H2,1-2,4H3,(H,30,31)/b21-15+,24-16+. The number of carbonyl (C=O) groups excluding carboxylic acids is 1. The molecular formula is C27H36N2O7. The monoisotopic (exact) mass is 500 g/mol. The summed E-state index contributed by atoms with van der Waals surface area (Å²) in [7, 11) is 1.63. The van der Waals surface area contributed by atoms with Crippen molar-refractivity contribution in [1.82, 2.24) is 4.90 Å². The highest BCUT2D eigenvalue weighted by atomic mass is 16.6. The Hall–Kier alpha value is -3.30. The summed E-state index contributed by atoms with van der Waals surface area (Å²) in [4.78, 5) is 27.7. The first kappa shape index (κ1) is 27.3. The Labute approximate surface area is 212 Å². The van der Waals surface area contributed by atoms with Crippen molar-refractivity contribution in [2.45, 2.75) is 32.3 Å². The van der Waals surface area contributed by atoms with E-state index >= 15 is 0 Å². The van der Waals surface area contributed by atoms with Crippen LogP contribution >= 0.6 is 0 Å². The number of likely N-dealkylation sites (tertiary alicyclic amines) is 1. The second-order valence-electron chi connectivity index (χ2n) is 8.86. The number of anilines is 1. The molecule has 2 aliphatic rings. The van der Waals surface area contributed by atoms with Gasteiger partial charge in [-0.15, -0.1) is 0 Å². The molecule has 2 heterocycles. The number of nitrogens with zero attached hydrogens (tertiary/aromatic N) is 2. The average Bonchev–Trinajstić information content (AvgIpc) is 3.16. The fourth-order valence-corrected chi connectivity index (χ4v) is 4.47. The molecule has 0 atom stereocenters. The maximum Gasteiger partial charge on any atom is 0.415 e. The van der Waals surface area contributed by atoms with Crippen LogP contribution in [0, 0.1) is 0 Å². The largest absolute Gasteiger partial charge is 0.496 e. The Kier molecular flexibility index (Phi) is 9.55. The van der Waals surface area contributed by atoms with Crippen molar-refractivity contribution in [3.8, 4) is 0 Å². The first-order valence-electron chi connectivity index (χ1n) is 12.2. The summed E-state index contributed by atoms with van der Waals surface area (Å²) in [5, 5.41) is 9.11. The quantitative estimate of drug-likeness (QED) is 0.337. The van der Waals surface area contributed by atoms with Gasteiger partial charge in [0, 0.05) is 45.3 Å². The normalized spacial score (nSPS) is 18.3. The lowest BCUT2D eigenvalue weighted by Gasteiger charge is -2.37. The van der Waals surface area contributed by atoms with Crippen LogP contribution in [0.5, 0.6) is 0 Å². The molecule has 2 saturated heterocycles. The van der Waals surface area contributed by atoms with Crippen molar-refractivity contribution in [3.63, 3.8) is 0 Å². The second kappa shape index (κ2) is 12.6. The van der Waals surface area contributed by atoms with E-state index in [2.05, 4.69) is 11.5 Å². The maximum atomic E-state index is 12.7. The van der Waals surface area contributed by atoms with Crippen molar-refractivity contribution in [2.75, 3.05) is 58.0 Å². The molecule has 0 radical (unpaired) electrons. The van der Waals surface area contributed by atoms with Crippen LogP contribution in [0.25, 0.3) is 0 Å². The summed E-state index contributed by atoms with van der Waals surface area (Å²) >= 11 is 0. The number of hydrogen-bond acceptors (Lipinski definition) is 7. The van der Waals surface area contributed by atoms with Gasteiger partial charge < -0.3 is 24.1 Å². The molecule has 1 N–H and O–H groups in total. The van der Waals surface area contributed by atoms with Gasteiger partial charge in [-0.05, 0) is 55.8 Å². The van der Waals surface area contributed by atoms with E-state index < -0.39 is 17.7 Å². The van der Waals surface area contributed by atoms with E-state index in [0.29, 0.717) is 57.2 Å². The fraction of sp³-hybridized carbons (Fsp3) is 0.481. The van der Waals surface area contributed by atoms with Gasteiger partial charge in [0.2, 0.25) is 0 Å². The van der Waals surface area contributed by atoms with Gasteiger partial charge in [0.1, 0.15) is 23.7 Å². The van der Waals surface area contributed by atoms with Crippen molar-refractivity contribution in [3.05, 3.63) is 65.7 Å². The molecule has 196 valence electrons.